The van der Waals surface area contributed by atoms with E-state index in [1.807, 2.05) is 43.5 Å². The fraction of sp³-hybridized carbons (Fsp3) is 0.308. The van der Waals surface area contributed by atoms with E-state index in [-0.39, 0.29) is 6.61 Å². The molecular formula is C13H15IN2OS. The molecule has 0 radical (unpaired) electrons. The number of halogens is 1. The number of aliphatic hydroxyl groups is 1. The summed E-state index contributed by atoms with van der Waals surface area (Å²) in [6.45, 7) is 2.72. The molecule has 1 aromatic heterocycles. The molecule has 0 bridgehead atoms. The standard InChI is InChI=1S/C13H15IN2OS/c1-13(9-17,10-5-3-2-4-6-10)16-8-12-15-7-11(14)18-12/h2-7,16-17H,8-9H2,1H3. The maximum absolute atomic E-state index is 9.64. The van der Waals surface area contributed by atoms with Crippen LogP contribution in [0.25, 0.3) is 0 Å². The van der Waals surface area contributed by atoms with Crippen molar-refractivity contribution in [1.29, 1.82) is 0 Å². The van der Waals surface area contributed by atoms with E-state index in [1.165, 1.54) is 2.88 Å². The monoisotopic (exact) mass is 374 g/mol. The van der Waals surface area contributed by atoms with Gasteiger partial charge in [0.1, 0.15) is 5.01 Å². The van der Waals surface area contributed by atoms with Gasteiger partial charge in [-0.2, -0.15) is 0 Å². The van der Waals surface area contributed by atoms with E-state index in [1.54, 1.807) is 11.3 Å². The average Bonchev–Trinajstić information content (AvgIpc) is 2.83. The Labute approximate surface area is 124 Å². The maximum atomic E-state index is 9.64. The van der Waals surface area contributed by atoms with Gasteiger partial charge in [-0.3, -0.25) is 5.32 Å². The minimum Gasteiger partial charge on any atom is -0.394 e. The van der Waals surface area contributed by atoms with Crippen LogP contribution in [0.3, 0.4) is 0 Å². The van der Waals surface area contributed by atoms with E-state index in [9.17, 15) is 5.11 Å². The summed E-state index contributed by atoms with van der Waals surface area (Å²) in [6, 6.07) is 9.99. The largest absolute Gasteiger partial charge is 0.394 e. The highest BCUT2D eigenvalue weighted by Crippen LogP contribution is 2.21. The van der Waals surface area contributed by atoms with Gasteiger partial charge < -0.3 is 5.11 Å². The lowest BCUT2D eigenvalue weighted by Gasteiger charge is -2.29. The lowest BCUT2D eigenvalue weighted by molar-refractivity contribution is 0.173. The summed E-state index contributed by atoms with van der Waals surface area (Å²) in [4.78, 5) is 4.31. The zero-order valence-electron chi connectivity index (χ0n) is 10.1. The summed E-state index contributed by atoms with van der Waals surface area (Å²) in [5, 5.41) is 14.1. The molecule has 0 amide bonds. The fourth-order valence-corrected chi connectivity index (χ4v) is 3.18. The third kappa shape index (κ3) is 3.28. The van der Waals surface area contributed by atoms with Gasteiger partial charge in [0.15, 0.2) is 0 Å². The van der Waals surface area contributed by atoms with Gasteiger partial charge in [0, 0.05) is 6.54 Å². The zero-order valence-corrected chi connectivity index (χ0v) is 13.0. The molecule has 0 saturated heterocycles. The molecule has 2 aromatic rings. The van der Waals surface area contributed by atoms with Gasteiger partial charge in [-0.25, -0.2) is 4.98 Å². The molecule has 1 heterocycles. The Balaban J connectivity index is 2.09. The third-order valence-corrected chi connectivity index (χ3v) is 4.61. The van der Waals surface area contributed by atoms with Crippen LogP contribution in [0.5, 0.6) is 0 Å². The summed E-state index contributed by atoms with van der Waals surface area (Å²) in [5.41, 5.74) is 0.650. The van der Waals surface area contributed by atoms with Gasteiger partial charge in [0.05, 0.1) is 21.2 Å². The number of hydrogen-bond acceptors (Lipinski definition) is 4. The summed E-state index contributed by atoms with van der Waals surface area (Å²) in [5.74, 6) is 0. The second-order valence-corrected chi connectivity index (χ2v) is 7.28. The molecule has 0 spiro atoms. The van der Waals surface area contributed by atoms with Crippen molar-refractivity contribution in [2.24, 2.45) is 0 Å². The predicted molar refractivity (Wildman–Crippen MR) is 82.6 cm³/mol. The van der Waals surface area contributed by atoms with Crippen LogP contribution in [0, 0.1) is 2.88 Å². The van der Waals surface area contributed by atoms with E-state index in [4.69, 9.17) is 0 Å². The van der Waals surface area contributed by atoms with Gasteiger partial charge in [0.25, 0.3) is 0 Å². The molecule has 0 saturated carbocycles. The van der Waals surface area contributed by atoms with Crippen molar-refractivity contribution in [3.8, 4) is 0 Å². The number of nitrogens with zero attached hydrogens (tertiary/aromatic N) is 1. The Morgan fingerprint density at radius 2 is 2.11 bits per heavy atom. The highest BCUT2D eigenvalue weighted by Gasteiger charge is 2.25. The van der Waals surface area contributed by atoms with Crippen LogP contribution in [0.1, 0.15) is 17.5 Å². The molecule has 2 rings (SSSR count). The third-order valence-electron chi connectivity index (χ3n) is 2.88. The zero-order chi connectivity index (χ0) is 13.0. The fourth-order valence-electron chi connectivity index (χ4n) is 1.70. The van der Waals surface area contributed by atoms with Crippen molar-refractivity contribution in [3.05, 3.63) is 50.0 Å². The molecule has 1 aromatic carbocycles. The Hall–Kier alpha value is -0.500. The van der Waals surface area contributed by atoms with Crippen LogP contribution in [0.15, 0.2) is 36.5 Å². The van der Waals surface area contributed by atoms with Crippen molar-refractivity contribution in [2.45, 2.75) is 19.0 Å². The van der Waals surface area contributed by atoms with Crippen molar-refractivity contribution in [1.82, 2.24) is 10.3 Å². The Morgan fingerprint density at radius 1 is 1.39 bits per heavy atom. The van der Waals surface area contributed by atoms with Gasteiger partial charge in [-0.15, -0.1) is 11.3 Å². The molecule has 1 unspecified atom stereocenters. The molecule has 1 atom stereocenters. The smallest absolute Gasteiger partial charge is 0.107 e. The molecule has 0 aliphatic heterocycles. The molecule has 0 aliphatic carbocycles. The highest BCUT2D eigenvalue weighted by molar-refractivity contribution is 14.1. The second kappa shape index (κ2) is 6.10. The average molecular weight is 374 g/mol. The summed E-state index contributed by atoms with van der Waals surface area (Å²) >= 11 is 3.93. The molecule has 0 fully saturated rings. The minimum atomic E-state index is -0.432. The molecule has 18 heavy (non-hydrogen) atoms. The van der Waals surface area contributed by atoms with Crippen LogP contribution in [-0.2, 0) is 12.1 Å². The molecule has 3 nitrogen and oxygen atoms in total. The number of benzene rings is 1. The van der Waals surface area contributed by atoms with Gasteiger partial charge in [-0.1, -0.05) is 30.3 Å². The van der Waals surface area contributed by atoms with E-state index >= 15 is 0 Å². The summed E-state index contributed by atoms with van der Waals surface area (Å²) in [6.07, 6.45) is 1.86. The molecule has 0 aliphatic rings. The first kappa shape index (κ1) is 13.9. The minimum absolute atomic E-state index is 0.0550. The Kier molecular flexibility index (Phi) is 4.71. The quantitative estimate of drug-likeness (QED) is 0.792. The molecule has 5 heteroatoms. The first-order valence-electron chi connectivity index (χ1n) is 5.66. The van der Waals surface area contributed by atoms with Crippen LogP contribution in [0.4, 0.5) is 0 Å². The normalized spacial score (nSPS) is 14.4. The van der Waals surface area contributed by atoms with Crippen LogP contribution >= 0.6 is 33.9 Å². The van der Waals surface area contributed by atoms with Crippen LogP contribution < -0.4 is 5.32 Å². The van der Waals surface area contributed by atoms with Gasteiger partial charge >= 0.3 is 0 Å². The van der Waals surface area contributed by atoms with Gasteiger partial charge in [0.2, 0.25) is 0 Å². The number of aromatic nitrogens is 1. The SMILES string of the molecule is CC(CO)(NCc1ncc(I)s1)c1ccccc1. The number of nitrogens with one attached hydrogen (secondary N) is 1. The number of hydrogen-bond donors (Lipinski definition) is 2. The van der Waals surface area contributed by atoms with E-state index in [0.29, 0.717) is 6.54 Å². The van der Waals surface area contributed by atoms with Crippen molar-refractivity contribution >= 4 is 33.9 Å². The van der Waals surface area contributed by atoms with E-state index in [0.717, 1.165) is 10.6 Å². The first-order chi connectivity index (χ1) is 8.64. The van der Waals surface area contributed by atoms with Crippen LogP contribution in [-0.4, -0.2) is 16.7 Å². The Morgan fingerprint density at radius 3 is 2.67 bits per heavy atom. The van der Waals surface area contributed by atoms with Crippen LogP contribution in [0.2, 0.25) is 0 Å². The van der Waals surface area contributed by atoms with Crippen molar-refractivity contribution in [2.75, 3.05) is 6.61 Å². The lowest BCUT2D eigenvalue weighted by Crippen LogP contribution is -2.42. The topological polar surface area (TPSA) is 45.1 Å². The Bertz CT molecular complexity index is 503. The molecule has 2 N–H and O–H groups in total. The van der Waals surface area contributed by atoms with Gasteiger partial charge in [-0.05, 0) is 35.1 Å². The summed E-state index contributed by atoms with van der Waals surface area (Å²) in [7, 11) is 0. The summed E-state index contributed by atoms with van der Waals surface area (Å²) < 4.78 is 1.18. The first-order valence-corrected chi connectivity index (χ1v) is 7.55. The van der Waals surface area contributed by atoms with Crippen molar-refractivity contribution in [3.63, 3.8) is 0 Å². The lowest BCUT2D eigenvalue weighted by atomic mass is 9.93. The molecule has 96 valence electrons. The van der Waals surface area contributed by atoms with E-state index < -0.39 is 5.54 Å². The molecular weight excluding hydrogens is 359 g/mol. The van der Waals surface area contributed by atoms with Crippen molar-refractivity contribution < 1.29 is 5.11 Å². The number of rotatable bonds is 5. The maximum Gasteiger partial charge on any atom is 0.107 e. The number of thiazole rings is 1. The number of aliphatic hydroxyl groups excluding tert-OH is 1. The highest BCUT2D eigenvalue weighted by atomic mass is 127. The van der Waals surface area contributed by atoms with E-state index in [2.05, 4.69) is 32.9 Å². The predicted octanol–water partition coefficient (Wildman–Crippen LogP) is 2.75. The second-order valence-electron chi connectivity index (χ2n) is 4.27.